The number of likely N-dealkylation sites (N-methyl/N-ethyl adjacent to an activating group) is 1. The highest BCUT2D eigenvalue weighted by Crippen LogP contribution is 2.29. The molecule has 1 aliphatic rings. The molecular formula is C22H20FN5O4. The third-order valence-corrected chi connectivity index (χ3v) is 5.47. The number of aromatic amines is 1. The van der Waals surface area contributed by atoms with E-state index in [4.69, 9.17) is 0 Å². The molecule has 2 N–H and O–H groups in total. The van der Waals surface area contributed by atoms with E-state index in [1.54, 1.807) is 24.3 Å². The van der Waals surface area contributed by atoms with Crippen LogP contribution in [0.1, 0.15) is 18.2 Å². The van der Waals surface area contributed by atoms with Crippen LogP contribution in [-0.4, -0.2) is 52.6 Å². The van der Waals surface area contributed by atoms with Crippen LogP contribution in [0.2, 0.25) is 0 Å². The minimum atomic E-state index is -0.910. The van der Waals surface area contributed by atoms with E-state index < -0.39 is 29.7 Å². The van der Waals surface area contributed by atoms with Crippen LogP contribution < -0.4 is 15.8 Å². The van der Waals surface area contributed by atoms with Gasteiger partial charge in [-0.05, 0) is 30.7 Å². The van der Waals surface area contributed by atoms with Crippen molar-refractivity contribution in [2.45, 2.75) is 19.4 Å². The Morgan fingerprint density at radius 2 is 1.88 bits per heavy atom. The third-order valence-electron chi connectivity index (χ3n) is 5.47. The molecule has 1 atom stereocenters. The fourth-order valence-electron chi connectivity index (χ4n) is 3.71. The number of H-pyrrole nitrogens is 1. The number of amides is 4. The first-order valence-corrected chi connectivity index (χ1v) is 9.91. The average molecular weight is 437 g/mol. The molecule has 0 radical (unpaired) electrons. The molecule has 164 valence electrons. The molecule has 1 fully saturated rings. The van der Waals surface area contributed by atoms with Crippen LogP contribution >= 0.6 is 0 Å². The number of hydrogen-bond donors (Lipinski definition) is 2. The highest BCUT2D eigenvalue weighted by molar-refractivity contribution is 6.21. The van der Waals surface area contributed by atoms with Crippen molar-refractivity contribution in [2.24, 2.45) is 0 Å². The summed E-state index contributed by atoms with van der Waals surface area (Å²) >= 11 is 0. The number of hydrogen-bond acceptors (Lipinski definition) is 5. The summed E-state index contributed by atoms with van der Waals surface area (Å²) in [6, 6.07) is 9.40. The van der Waals surface area contributed by atoms with E-state index in [1.165, 1.54) is 32.2 Å². The van der Waals surface area contributed by atoms with Gasteiger partial charge in [0.05, 0.1) is 16.8 Å². The third kappa shape index (κ3) is 3.59. The Bertz CT molecular complexity index is 1300. The maximum atomic E-state index is 14.7. The Morgan fingerprint density at radius 3 is 2.59 bits per heavy atom. The van der Waals surface area contributed by atoms with Crippen LogP contribution in [0.15, 0.2) is 47.3 Å². The van der Waals surface area contributed by atoms with Gasteiger partial charge in [0.1, 0.15) is 18.4 Å². The maximum Gasteiger partial charge on any atom is 0.332 e. The summed E-state index contributed by atoms with van der Waals surface area (Å²) in [6.07, 6.45) is 0.234. The molecule has 2 heterocycles. The minimum absolute atomic E-state index is 0.197. The predicted octanol–water partition coefficient (Wildman–Crippen LogP) is 1.56. The number of nitrogens with one attached hydrogen (secondary N) is 2. The SMILES string of the molecule is CNC(=O)CN1C(=O)N(c2cc(Cc3n[nH]c(=O)c4ccccc34)ccc2F)C(=O)C1C. The van der Waals surface area contributed by atoms with Crippen molar-refractivity contribution >= 4 is 34.3 Å². The average Bonchev–Trinajstić information content (AvgIpc) is 3.00. The van der Waals surface area contributed by atoms with Gasteiger partial charge in [0.25, 0.3) is 11.5 Å². The Labute approximate surface area is 181 Å². The first-order valence-electron chi connectivity index (χ1n) is 9.91. The molecule has 3 aromatic rings. The van der Waals surface area contributed by atoms with E-state index in [9.17, 15) is 23.6 Å². The van der Waals surface area contributed by atoms with Gasteiger partial charge < -0.3 is 10.2 Å². The number of rotatable bonds is 5. The van der Waals surface area contributed by atoms with Crippen molar-refractivity contribution < 1.29 is 18.8 Å². The van der Waals surface area contributed by atoms with Crippen molar-refractivity contribution in [3.8, 4) is 0 Å². The molecule has 4 rings (SSSR count). The highest BCUT2D eigenvalue weighted by atomic mass is 19.1. The molecule has 0 spiro atoms. The van der Waals surface area contributed by atoms with Gasteiger partial charge in [-0.2, -0.15) is 5.10 Å². The maximum absolute atomic E-state index is 14.7. The first-order chi connectivity index (χ1) is 15.3. The Balaban J connectivity index is 1.69. The lowest BCUT2D eigenvalue weighted by Crippen LogP contribution is -2.41. The molecule has 1 aromatic heterocycles. The lowest BCUT2D eigenvalue weighted by atomic mass is 10.0. The van der Waals surface area contributed by atoms with Crippen LogP contribution in [0.4, 0.5) is 14.9 Å². The van der Waals surface area contributed by atoms with Gasteiger partial charge in [-0.15, -0.1) is 0 Å². The minimum Gasteiger partial charge on any atom is -0.358 e. The van der Waals surface area contributed by atoms with Gasteiger partial charge in [-0.3, -0.25) is 14.4 Å². The number of fused-ring (bicyclic) bond motifs is 1. The number of urea groups is 1. The summed E-state index contributed by atoms with van der Waals surface area (Å²) in [4.78, 5) is 51.2. The van der Waals surface area contributed by atoms with Crippen LogP contribution in [0, 0.1) is 5.82 Å². The van der Waals surface area contributed by atoms with E-state index in [1.807, 2.05) is 0 Å². The zero-order chi connectivity index (χ0) is 23.0. The lowest BCUT2D eigenvalue weighted by Gasteiger charge is -2.18. The Hall–Kier alpha value is -4.08. The predicted molar refractivity (Wildman–Crippen MR) is 115 cm³/mol. The number of halogens is 1. The smallest absolute Gasteiger partial charge is 0.332 e. The molecule has 1 unspecified atom stereocenters. The molecule has 0 saturated carbocycles. The van der Waals surface area contributed by atoms with Crippen molar-refractivity contribution in [2.75, 3.05) is 18.5 Å². The summed E-state index contributed by atoms with van der Waals surface area (Å²) in [5.74, 6) is -1.81. The Morgan fingerprint density at radius 1 is 1.16 bits per heavy atom. The molecule has 1 aliphatic heterocycles. The van der Waals surface area contributed by atoms with Gasteiger partial charge in [0.2, 0.25) is 5.91 Å². The second-order valence-electron chi connectivity index (χ2n) is 7.44. The van der Waals surface area contributed by atoms with Gasteiger partial charge >= 0.3 is 6.03 Å². The molecular weight excluding hydrogens is 417 g/mol. The summed E-state index contributed by atoms with van der Waals surface area (Å²) < 4.78 is 14.7. The number of imide groups is 1. The van der Waals surface area contributed by atoms with Gasteiger partial charge in [0.15, 0.2) is 0 Å². The van der Waals surface area contributed by atoms with Crippen LogP contribution in [0.3, 0.4) is 0 Å². The zero-order valence-corrected chi connectivity index (χ0v) is 17.4. The number of benzene rings is 2. The van der Waals surface area contributed by atoms with Crippen molar-refractivity contribution in [1.29, 1.82) is 0 Å². The highest BCUT2D eigenvalue weighted by Gasteiger charge is 2.45. The zero-order valence-electron chi connectivity index (χ0n) is 17.4. The molecule has 1 saturated heterocycles. The molecule has 2 aromatic carbocycles. The van der Waals surface area contributed by atoms with Gasteiger partial charge in [0, 0.05) is 18.9 Å². The van der Waals surface area contributed by atoms with Crippen LogP contribution in [-0.2, 0) is 16.0 Å². The molecule has 4 amide bonds. The van der Waals surface area contributed by atoms with E-state index in [0.717, 1.165) is 9.80 Å². The standard InChI is InChI=1S/C22H20FN5O4/c1-12-21(31)28(22(32)27(12)11-19(29)24-2)18-10-13(7-8-16(18)23)9-17-14-5-3-4-6-15(14)20(30)26-25-17/h3-8,10,12H,9,11H2,1-2H3,(H,24,29)(H,26,30). The second-order valence-corrected chi connectivity index (χ2v) is 7.44. The molecule has 10 heteroatoms. The summed E-state index contributed by atoms with van der Waals surface area (Å²) in [7, 11) is 1.42. The fourth-order valence-corrected chi connectivity index (χ4v) is 3.71. The largest absolute Gasteiger partial charge is 0.358 e. The first kappa shape index (κ1) is 21.2. The molecule has 32 heavy (non-hydrogen) atoms. The second kappa shape index (κ2) is 8.22. The molecule has 0 bridgehead atoms. The normalized spacial score (nSPS) is 16.2. The monoisotopic (exact) mass is 437 g/mol. The summed E-state index contributed by atoms with van der Waals surface area (Å²) in [5.41, 5.74) is 0.635. The number of aromatic nitrogens is 2. The van der Waals surface area contributed by atoms with E-state index in [-0.39, 0.29) is 24.2 Å². The van der Waals surface area contributed by atoms with E-state index in [2.05, 4.69) is 15.5 Å². The van der Waals surface area contributed by atoms with Crippen molar-refractivity contribution in [3.63, 3.8) is 0 Å². The topological polar surface area (TPSA) is 115 Å². The molecule has 0 aliphatic carbocycles. The van der Waals surface area contributed by atoms with E-state index >= 15 is 0 Å². The lowest BCUT2D eigenvalue weighted by molar-refractivity contribution is -0.122. The van der Waals surface area contributed by atoms with E-state index in [0.29, 0.717) is 22.0 Å². The summed E-state index contributed by atoms with van der Waals surface area (Å²) in [5, 5.41) is 10.1. The number of carbonyl (C=O) groups excluding carboxylic acids is 3. The Kier molecular flexibility index (Phi) is 5.43. The van der Waals surface area contributed by atoms with Crippen molar-refractivity contribution in [3.05, 3.63) is 69.9 Å². The fraction of sp³-hybridized carbons (Fsp3) is 0.227. The van der Waals surface area contributed by atoms with Crippen LogP contribution in [0.25, 0.3) is 10.8 Å². The number of carbonyl (C=O) groups is 3. The quantitative estimate of drug-likeness (QED) is 0.588. The van der Waals surface area contributed by atoms with Crippen molar-refractivity contribution in [1.82, 2.24) is 20.4 Å². The van der Waals surface area contributed by atoms with Crippen LogP contribution in [0.5, 0.6) is 0 Å². The summed E-state index contributed by atoms with van der Waals surface area (Å²) in [6.45, 7) is 1.18. The molecule has 9 nitrogen and oxygen atoms in total. The van der Waals surface area contributed by atoms with Gasteiger partial charge in [-0.1, -0.05) is 24.3 Å². The van der Waals surface area contributed by atoms with Gasteiger partial charge in [-0.25, -0.2) is 19.2 Å². The number of anilines is 1. The number of nitrogens with zero attached hydrogens (tertiary/aromatic N) is 3.